The number of carbonyl (C=O) groups excluding carboxylic acids is 1. The minimum absolute atomic E-state index is 0. The van der Waals surface area contributed by atoms with Gasteiger partial charge in [0.25, 0.3) is 5.91 Å². The molecule has 2 aliphatic rings. The van der Waals surface area contributed by atoms with Crippen LogP contribution in [0.2, 0.25) is 0 Å². The van der Waals surface area contributed by atoms with E-state index in [-0.39, 0.29) is 18.3 Å². The Bertz CT molecular complexity index is 738. The third kappa shape index (κ3) is 4.37. The van der Waals surface area contributed by atoms with Crippen LogP contribution >= 0.6 is 12.4 Å². The van der Waals surface area contributed by atoms with E-state index in [0.717, 1.165) is 30.8 Å². The lowest BCUT2D eigenvalue weighted by atomic mass is 10.1. The fraction of sp³-hybridized carbons (Fsp3) is 0.381. The number of carbonyl (C=O) groups is 1. The second-order valence-electron chi connectivity index (χ2n) is 6.98. The molecule has 2 bridgehead atoms. The number of benzene rings is 2. The van der Waals surface area contributed by atoms with Crippen molar-refractivity contribution in [1.82, 2.24) is 10.2 Å². The first-order valence-electron chi connectivity index (χ1n) is 9.10. The number of nitrogens with zero attached hydrogens (tertiary/aromatic N) is 1. The summed E-state index contributed by atoms with van der Waals surface area (Å²) >= 11 is 0. The van der Waals surface area contributed by atoms with E-state index < -0.39 is 0 Å². The fourth-order valence-electron chi connectivity index (χ4n) is 3.77. The van der Waals surface area contributed by atoms with Gasteiger partial charge in [0.1, 0.15) is 12.4 Å². The molecule has 4 nitrogen and oxygen atoms in total. The standard InChI is InChI=1S/C21H24N2O2.ClH/c24-21(23-12-11-18-9-10-19(14-23)22-18)17-7-4-8-20(13-17)25-15-16-5-2-1-3-6-16;/h1-8,13,18-19,22H,9-12,14-15H2;1H. The van der Waals surface area contributed by atoms with Gasteiger partial charge in [0.2, 0.25) is 0 Å². The number of halogens is 1. The van der Waals surface area contributed by atoms with Crippen LogP contribution in [-0.2, 0) is 6.61 Å². The van der Waals surface area contributed by atoms with E-state index in [4.69, 9.17) is 4.74 Å². The third-order valence-electron chi connectivity index (χ3n) is 5.14. The summed E-state index contributed by atoms with van der Waals surface area (Å²) in [5.74, 6) is 0.851. The minimum Gasteiger partial charge on any atom is -0.489 e. The zero-order chi connectivity index (χ0) is 17.1. The number of fused-ring (bicyclic) bond motifs is 2. The summed E-state index contributed by atoms with van der Waals surface area (Å²) in [6.07, 6.45) is 3.47. The molecule has 0 saturated carbocycles. The first kappa shape index (κ1) is 18.7. The van der Waals surface area contributed by atoms with Gasteiger partial charge in [0.15, 0.2) is 0 Å². The van der Waals surface area contributed by atoms with Crippen molar-refractivity contribution in [1.29, 1.82) is 0 Å². The van der Waals surface area contributed by atoms with Gasteiger partial charge in [-0.1, -0.05) is 36.4 Å². The molecule has 5 heteroatoms. The number of rotatable bonds is 4. The first-order valence-corrected chi connectivity index (χ1v) is 9.10. The monoisotopic (exact) mass is 372 g/mol. The summed E-state index contributed by atoms with van der Waals surface area (Å²) in [6, 6.07) is 18.7. The van der Waals surface area contributed by atoms with Gasteiger partial charge in [0, 0.05) is 30.7 Å². The van der Waals surface area contributed by atoms with Gasteiger partial charge in [-0.2, -0.15) is 0 Å². The molecule has 2 atom stereocenters. The molecule has 2 saturated heterocycles. The lowest BCUT2D eigenvalue weighted by Crippen LogP contribution is -2.39. The summed E-state index contributed by atoms with van der Waals surface area (Å²) < 4.78 is 5.86. The normalized spacial score (nSPS) is 21.6. The SMILES string of the molecule is Cl.O=C(c1cccc(OCc2ccccc2)c1)N1CCC2CCC(C1)N2. The average Bonchev–Trinajstić information content (AvgIpc) is 2.99. The van der Waals surface area contributed by atoms with Crippen LogP contribution < -0.4 is 10.1 Å². The summed E-state index contributed by atoms with van der Waals surface area (Å²) in [4.78, 5) is 14.9. The van der Waals surface area contributed by atoms with Crippen molar-refractivity contribution in [3.8, 4) is 5.75 Å². The highest BCUT2D eigenvalue weighted by Crippen LogP contribution is 2.23. The van der Waals surface area contributed by atoms with E-state index >= 15 is 0 Å². The number of hydrogen-bond donors (Lipinski definition) is 1. The molecule has 1 amide bonds. The maximum Gasteiger partial charge on any atom is 0.254 e. The molecule has 2 heterocycles. The Labute approximate surface area is 160 Å². The van der Waals surface area contributed by atoms with Gasteiger partial charge in [-0.05, 0) is 43.0 Å². The van der Waals surface area contributed by atoms with E-state index in [9.17, 15) is 4.79 Å². The number of nitrogens with one attached hydrogen (secondary N) is 1. The first-order chi connectivity index (χ1) is 12.3. The summed E-state index contributed by atoms with van der Waals surface area (Å²) in [7, 11) is 0. The van der Waals surface area contributed by atoms with Crippen molar-refractivity contribution in [2.24, 2.45) is 0 Å². The number of ether oxygens (including phenoxy) is 1. The zero-order valence-electron chi connectivity index (χ0n) is 14.8. The van der Waals surface area contributed by atoms with Crippen LogP contribution in [0.5, 0.6) is 5.75 Å². The third-order valence-corrected chi connectivity index (χ3v) is 5.14. The van der Waals surface area contributed by atoms with E-state index in [1.54, 1.807) is 0 Å². The topological polar surface area (TPSA) is 41.6 Å². The summed E-state index contributed by atoms with van der Waals surface area (Å²) in [6.45, 7) is 2.16. The van der Waals surface area contributed by atoms with E-state index in [2.05, 4.69) is 5.32 Å². The van der Waals surface area contributed by atoms with Crippen molar-refractivity contribution >= 4 is 18.3 Å². The van der Waals surface area contributed by atoms with E-state index in [0.29, 0.717) is 24.3 Å². The predicted octanol–water partition coefficient (Wildman–Crippen LogP) is 3.65. The molecule has 2 aromatic rings. The highest BCUT2D eigenvalue weighted by molar-refractivity contribution is 5.94. The quantitative estimate of drug-likeness (QED) is 0.890. The van der Waals surface area contributed by atoms with Crippen molar-refractivity contribution < 1.29 is 9.53 Å². The zero-order valence-corrected chi connectivity index (χ0v) is 15.6. The van der Waals surface area contributed by atoms with Crippen LogP contribution in [0, 0.1) is 0 Å². The number of likely N-dealkylation sites (tertiary alicyclic amines) is 1. The molecule has 0 spiro atoms. The number of amides is 1. The van der Waals surface area contributed by atoms with Crippen molar-refractivity contribution in [2.75, 3.05) is 13.1 Å². The molecule has 2 aliphatic heterocycles. The van der Waals surface area contributed by atoms with Gasteiger partial charge in [0.05, 0.1) is 0 Å². The highest BCUT2D eigenvalue weighted by Gasteiger charge is 2.31. The molecule has 4 rings (SSSR count). The van der Waals surface area contributed by atoms with Crippen LogP contribution in [0.25, 0.3) is 0 Å². The largest absolute Gasteiger partial charge is 0.489 e. The second-order valence-corrected chi connectivity index (χ2v) is 6.98. The minimum atomic E-state index is 0. The molecule has 138 valence electrons. The molecule has 0 radical (unpaired) electrons. The molecule has 2 aromatic carbocycles. The molecule has 0 aliphatic carbocycles. The maximum absolute atomic E-state index is 12.9. The Kier molecular flexibility index (Phi) is 6.17. The molecule has 26 heavy (non-hydrogen) atoms. The highest BCUT2D eigenvalue weighted by atomic mass is 35.5. The van der Waals surface area contributed by atoms with Crippen LogP contribution in [0.3, 0.4) is 0 Å². The summed E-state index contributed by atoms with van der Waals surface area (Å²) in [5, 5.41) is 3.62. The number of hydrogen-bond acceptors (Lipinski definition) is 3. The van der Waals surface area contributed by atoms with Gasteiger partial charge in [-0.25, -0.2) is 0 Å². The lowest BCUT2D eigenvalue weighted by Gasteiger charge is -2.24. The maximum atomic E-state index is 12.9. The molecule has 1 N–H and O–H groups in total. The van der Waals surface area contributed by atoms with Crippen LogP contribution in [0.4, 0.5) is 0 Å². The Morgan fingerprint density at radius 3 is 2.69 bits per heavy atom. The lowest BCUT2D eigenvalue weighted by molar-refractivity contribution is 0.0747. The summed E-state index contributed by atoms with van der Waals surface area (Å²) in [5.41, 5.74) is 1.83. The average molecular weight is 373 g/mol. The second kappa shape index (κ2) is 8.56. The molecule has 2 fully saturated rings. The van der Waals surface area contributed by atoms with Gasteiger partial charge in [-0.3, -0.25) is 4.79 Å². The molecule has 0 aromatic heterocycles. The van der Waals surface area contributed by atoms with Crippen LogP contribution in [0.1, 0.15) is 35.2 Å². The van der Waals surface area contributed by atoms with E-state index in [1.807, 2.05) is 59.5 Å². The van der Waals surface area contributed by atoms with Crippen molar-refractivity contribution in [3.05, 3.63) is 65.7 Å². The Balaban J connectivity index is 0.00000196. The van der Waals surface area contributed by atoms with Gasteiger partial charge >= 0.3 is 0 Å². The van der Waals surface area contributed by atoms with Crippen molar-refractivity contribution in [3.63, 3.8) is 0 Å². The molecular formula is C21H25ClN2O2. The molecular weight excluding hydrogens is 348 g/mol. The Morgan fingerprint density at radius 2 is 1.85 bits per heavy atom. The smallest absolute Gasteiger partial charge is 0.254 e. The predicted molar refractivity (Wildman–Crippen MR) is 105 cm³/mol. The van der Waals surface area contributed by atoms with Crippen LogP contribution in [0.15, 0.2) is 54.6 Å². The fourth-order valence-corrected chi connectivity index (χ4v) is 3.77. The van der Waals surface area contributed by atoms with Crippen molar-refractivity contribution in [2.45, 2.75) is 38.0 Å². The van der Waals surface area contributed by atoms with Crippen LogP contribution in [-0.4, -0.2) is 36.0 Å². The Morgan fingerprint density at radius 1 is 1.04 bits per heavy atom. The molecule has 2 unspecified atom stereocenters. The van der Waals surface area contributed by atoms with Gasteiger partial charge < -0.3 is 15.0 Å². The van der Waals surface area contributed by atoms with Gasteiger partial charge in [-0.15, -0.1) is 12.4 Å². The Hall–Kier alpha value is -2.04. The van der Waals surface area contributed by atoms with E-state index in [1.165, 1.54) is 12.8 Å².